The molecule has 1 N–H and O–H groups in total. The molecule has 2 rings (SSSR count). The van der Waals surface area contributed by atoms with E-state index in [1.54, 1.807) is 0 Å². The first kappa shape index (κ1) is 14.3. The average Bonchev–Trinajstić information content (AvgIpc) is 2.44. The predicted octanol–water partition coefficient (Wildman–Crippen LogP) is 3.23. The lowest BCUT2D eigenvalue weighted by Crippen LogP contribution is -2.20. The van der Waals surface area contributed by atoms with Crippen molar-refractivity contribution in [2.45, 2.75) is 33.2 Å². The molecule has 20 heavy (non-hydrogen) atoms. The summed E-state index contributed by atoms with van der Waals surface area (Å²) in [5, 5.41) is 3.43. The van der Waals surface area contributed by atoms with Crippen LogP contribution in [0.4, 0.5) is 5.82 Å². The van der Waals surface area contributed by atoms with Crippen molar-refractivity contribution in [2.75, 3.05) is 11.9 Å². The number of benzene rings is 1. The summed E-state index contributed by atoms with van der Waals surface area (Å²) in [4.78, 5) is 8.45. The molecule has 2 aromatic rings. The van der Waals surface area contributed by atoms with E-state index in [0.717, 1.165) is 17.8 Å². The zero-order chi connectivity index (χ0) is 14.4. The van der Waals surface area contributed by atoms with Gasteiger partial charge in [-0.3, -0.25) is 0 Å². The standard InChI is InChI=1S/C16H21N3O/c1-4-20-16-13(3)15(17-11-18-16)19-12(2)10-14-8-6-5-7-9-14/h5-9,11-12H,4,10H2,1-3H3,(H,17,18,19). The molecular formula is C16H21N3O. The van der Waals surface area contributed by atoms with Crippen LogP contribution < -0.4 is 10.1 Å². The smallest absolute Gasteiger partial charge is 0.221 e. The number of ether oxygens (including phenoxy) is 1. The average molecular weight is 271 g/mol. The summed E-state index contributed by atoms with van der Waals surface area (Å²) in [5.41, 5.74) is 2.26. The molecule has 1 aromatic heterocycles. The van der Waals surface area contributed by atoms with Gasteiger partial charge in [-0.25, -0.2) is 9.97 Å². The molecule has 0 saturated heterocycles. The van der Waals surface area contributed by atoms with Crippen molar-refractivity contribution in [1.82, 2.24) is 9.97 Å². The second-order valence-electron chi connectivity index (χ2n) is 4.82. The van der Waals surface area contributed by atoms with E-state index >= 15 is 0 Å². The van der Waals surface area contributed by atoms with Gasteiger partial charge in [-0.2, -0.15) is 0 Å². The molecular weight excluding hydrogens is 250 g/mol. The molecule has 106 valence electrons. The first-order valence-corrected chi connectivity index (χ1v) is 6.95. The fourth-order valence-electron chi connectivity index (χ4n) is 2.11. The fourth-order valence-corrected chi connectivity index (χ4v) is 2.11. The quantitative estimate of drug-likeness (QED) is 0.876. The molecule has 4 nitrogen and oxygen atoms in total. The van der Waals surface area contributed by atoms with Crippen LogP contribution in [-0.4, -0.2) is 22.6 Å². The van der Waals surface area contributed by atoms with Gasteiger partial charge in [0.1, 0.15) is 12.1 Å². The molecule has 1 heterocycles. The van der Waals surface area contributed by atoms with Gasteiger partial charge in [0.2, 0.25) is 5.88 Å². The molecule has 0 aliphatic rings. The van der Waals surface area contributed by atoms with E-state index in [9.17, 15) is 0 Å². The van der Waals surface area contributed by atoms with Crippen LogP contribution in [0.15, 0.2) is 36.7 Å². The molecule has 4 heteroatoms. The van der Waals surface area contributed by atoms with E-state index < -0.39 is 0 Å². The highest BCUT2D eigenvalue weighted by Gasteiger charge is 2.10. The van der Waals surface area contributed by atoms with Gasteiger partial charge in [0.25, 0.3) is 0 Å². The highest BCUT2D eigenvalue weighted by Crippen LogP contribution is 2.21. The number of hydrogen-bond acceptors (Lipinski definition) is 4. The Bertz CT molecular complexity index is 543. The highest BCUT2D eigenvalue weighted by molar-refractivity contribution is 5.48. The molecule has 0 spiro atoms. The van der Waals surface area contributed by atoms with E-state index in [2.05, 4.69) is 46.5 Å². The topological polar surface area (TPSA) is 47.0 Å². The lowest BCUT2D eigenvalue weighted by atomic mass is 10.1. The molecule has 0 amide bonds. The Morgan fingerprint density at radius 1 is 1.20 bits per heavy atom. The molecule has 0 saturated carbocycles. The van der Waals surface area contributed by atoms with Gasteiger partial charge in [-0.1, -0.05) is 30.3 Å². The monoisotopic (exact) mass is 271 g/mol. The third-order valence-electron chi connectivity index (χ3n) is 3.09. The van der Waals surface area contributed by atoms with Crippen LogP contribution in [-0.2, 0) is 6.42 Å². The van der Waals surface area contributed by atoms with Gasteiger partial charge >= 0.3 is 0 Å². The number of nitrogens with one attached hydrogen (secondary N) is 1. The molecule has 1 aromatic carbocycles. The number of aromatic nitrogens is 2. The molecule has 1 atom stereocenters. The zero-order valence-corrected chi connectivity index (χ0v) is 12.3. The van der Waals surface area contributed by atoms with E-state index in [4.69, 9.17) is 4.74 Å². The summed E-state index contributed by atoms with van der Waals surface area (Å²) in [6.07, 6.45) is 2.49. The number of hydrogen-bond donors (Lipinski definition) is 1. The Kier molecular flexibility index (Phi) is 4.93. The maximum absolute atomic E-state index is 5.49. The van der Waals surface area contributed by atoms with Gasteiger partial charge in [-0.15, -0.1) is 0 Å². The summed E-state index contributed by atoms with van der Waals surface area (Å²) in [6, 6.07) is 10.7. The molecule has 0 bridgehead atoms. The largest absolute Gasteiger partial charge is 0.478 e. The SMILES string of the molecule is CCOc1ncnc(NC(C)Cc2ccccc2)c1C. The Hall–Kier alpha value is -2.10. The lowest BCUT2D eigenvalue weighted by molar-refractivity contribution is 0.324. The Morgan fingerprint density at radius 3 is 2.65 bits per heavy atom. The first-order valence-electron chi connectivity index (χ1n) is 6.95. The summed E-state index contributed by atoms with van der Waals surface area (Å²) in [7, 11) is 0. The van der Waals surface area contributed by atoms with E-state index in [1.165, 1.54) is 11.9 Å². The van der Waals surface area contributed by atoms with Gasteiger partial charge in [0.05, 0.1) is 12.2 Å². The van der Waals surface area contributed by atoms with Crippen molar-refractivity contribution in [3.63, 3.8) is 0 Å². The van der Waals surface area contributed by atoms with Gasteiger partial charge in [0.15, 0.2) is 0 Å². The van der Waals surface area contributed by atoms with Crippen molar-refractivity contribution < 1.29 is 4.74 Å². The number of rotatable bonds is 6. The van der Waals surface area contributed by atoms with Gasteiger partial charge < -0.3 is 10.1 Å². The van der Waals surface area contributed by atoms with Crippen LogP contribution in [0.3, 0.4) is 0 Å². The molecule has 0 fully saturated rings. The Morgan fingerprint density at radius 2 is 1.95 bits per heavy atom. The van der Waals surface area contributed by atoms with Gasteiger partial charge in [0, 0.05) is 6.04 Å². The molecule has 0 radical (unpaired) electrons. The highest BCUT2D eigenvalue weighted by atomic mass is 16.5. The van der Waals surface area contributed by atoms with Crippen LogP contribution in [0, 0.1) is 6.92 Å². The number of anilines is 1. The van der Waals surface area contributed by atoms with Crippen LogP contribution in [0.2, 0.25) is 0 Å². The Balaban J connectivity index is 2.04. The third kappa shape index (κ3) is 3.70. The molecule has 0 aliphatic carbocycles. The van der Waals surface area contributed by atoms with Crippen molar-refractivity contribution in [3.8, 4) is 5.88 Å². The van der Waals surface area contributed by atoms with Crippen molar-refractivity contribution >= 4 is 5.82 Å². The minimum absolute atomic E-state index is 0.292. The van der Waals surface area contributed by atoms with Crippen molar-refractivity contribution in [1.29, 1.82) is 0 Å². The second-order valence-corrected chi connectivity index (χ2v) is 4.82. The molecule has 0 aliphatic heterocycles. The summed E-state index contributed by atoms with van der Waals surface area (Å²) >= 11 is 0. The Labute approximate surface area is 120 Å². The van der Waals surface area contributed by atoms with Crippen molar-refractivity contribution in [2.24, 2.45) is 0 Å². The van der Waals surface area contributed by atoms with E-state index in [0.29, 0.717) is 18.5 Å². The summed E-state index contributed by atoms with van der Waals surface area (Å²) < 4.78 is 5.49. The van der Waals surface area contributed by atoms with Crippen molar-refractivity contribution in [3.05, 3.63) is 47.8 Å². The fraction of sp³-hybridized carbons (Fsp3) is 0.375. The second kappa shape index (κ2) is 6.89. The van der Waals surface area contributed by atoms with Gasteiger partial charge in [-0.05, 0) is 32.8 Å². The normalized spacial score (nSPS) is 11.9. The van der Waals surface area contributed by atoms with Crippen LogP contribution in [0.5, 0.6) is 5.88 Å². The summed E-state index contributed by atoms with van der Waals surface area (Å²) in [6.45, 7) is 6.68. The maximum atomic E-state index is 5.49. The maximum Gasteiger partial charge on any atom is 0.221 e. The van der Waals surface area contributed by atoms with Crippen LogP contribution in [0.1, 0.15) is 25.0 Å². The van der Waals surface area contributed by atoms with E-state index in [1.807, 2.05) is 19.9 Å². The van der Waals surface area contributed by atoms with Crippen LogP contribution >= 0.6 is 0 Å². The minimum Gasteiger partial charge on any atom is -0.478 e. The first-order chi connectivity index (χ1) is 9.70. The lowest BCUT2D eigenvalue weighted by Gasteiger charge is -2.17. The number of nitrogens with zero attached hydrogens (tertiary/aromatic N) is 2. The summed E-state index contributed by atoms with van der Waals surface area (Å²) in [5.74, 6) is 1.49. The van der Waals surface area contributed by atoms with Crippen LogP contribution in [0.25, 0.3) is 0 Å². The molecule has 1 unspecified atom stereocenters. The predicted molar refractivity (Wildman–Crippen MR) is 81.2 cm³/mol. The minimum atomic E-state index is 0.292. The third-order valence-corrected chi connectivity index (χ3v) is 3.09. The zero-order valence-electron chi connectivity index (χ0n) is 12.3. The van der Waals surface area contributed by atoms with E-state index in [-0.39, 0.29) is 0 Å².